The molecule has 0 saturated carbocycles. The third-order valence-corrected chi connectivity index (χ3v) is 4.95. The van der Waals surface area contributed by atoms with Crippen molar-refractivity contribution in [2.75, 3.05) is 13.1 Å². The van der Waals surface area contributed by atoms with Crippen LogP contribution in [0.3, 0.4) is 0 Å². The van der Waals surface area contributed by atoms with Gasteiger partial charge in [-0.3, -0.25) is 4.79 Å². The first-order valence-corrected chi connectivity index (χ1v) is 8.98. The highest BCUT2D eigenvalue weighted by Gasteiger charge is 2.26. The number of nitrogens with zero attached hydrogens (tertiary/aromatic N) is 4. The quantitative estimate of drug-likeness (QED) is 0.909. The average molecular weight is 359 g/mol. The Balaban J connectivity index is 1.57. The van der Waals surface area contributed by atoms with Crippen molar-refractivity contribution < 1.29 is 9.18 Å². The van der Waals surface area contributed by atoms with Crippen LogP contribution in [-0.2, 0) is 16.8 Å². The molecule has 0 unspecified atom stereocenters. The number of aryl methyl sites for hydroxylation is 1. The standard InChI is InChI=1S/C19H26FN5O/c1-13-4-5-14(10-16(13)20)11-18(26)24-8-6-15(7-9-24)25-12-17(22-23-25)19(2,3)21/h4-5,10,12,15H,6-9,11,21H2,1-3H3. The maximum absolute atomic E-state index is 13.6. The number of benzene rings is 1. The maximum Gasteiger partial charge on any atom is 0.226 e. The van der Waals surface area contributed by atoms with E-state index in [1.54, 1.807) is 13.0 Å². The van der Waals surface area contributed by atoms with Crippen LogP contribution in [0, 0.1) is 12.7 Å². The van der Waals surface area contributed by atoms with Crippen LogP contribution in [0.15, 0.2) is 24.4 Å². The number of aromatic nitrogens is 3. The summed E-state index contributed by atoms with van der Waals surface area (Å²) in [6.45, 7) is 6.85. The Morgan fingerprint density at radius 3 is 2.62 bits per heavy atom. The van der Waals surface area contributed by atoms with Gasteiger partial charge in [-0.15, -0.1) is 5.10 Å². The highest BCUT2D eigenvalue weighted by Crippen LogP contribution is 2.24. The van der Waals surface area contributed by atoms with Crippen LogP contribution in [-0.4, -0.2) is 38.9 Å². The number of amides is 1. The molecule has 1 aromatic heterocycles. The van der Waals surface area contributed by atoms with Crippen LogP contribution in [0.2, 0.25) is 0 Å². The van der Waals surface area contributed by atoms with E-state index in [1.807, 2.05) is 35.7 Å². The van der Waals surface area contributed by atoms with Crippen LogP contribution in [0.25, 0.3) is 0 Å². The molecule has 0 atom stereocenters. The Bertz CT molecular complexity index is 787. The molecule has 26 heavy (non-hydrogen) atoms. The fourth-order valence-corrected chi connectivity index (χ4v) is 3.16. The van der Waals surface area contributed by atoms with Crippen molar-refractivity contribution in [2.45, 2.75) is 51.6 Å². The van der Waals surface area contributed by atoms with Crippen molar-refractivity contribution in [3.05, 3.63) is 47.0 Å². The number of piperidine rings is 1. The van der Waals surface area contributed by atoms with Crippen molar-refractivity contribution in [3.63, 3.8) is 0 Å². The van der Waals surface area contributed by atoms with E-state index < -0.39 is 5.54 Å². The van der Waals surface area contributed by atoms with Gasteiger partial charge >= 0.3 is 0 Å². The molecule has 7 heteroatoms. The molecule has 2 heterocycles. The van der Waals surface area contributed by atoms with E-state index in [9.17, 15) is 9.18 Å². The van der Waals surface area contributed by atoms with Crippen molar-refractivity contribution in [2.24, 2.45) is 5.73 Å². The monoisotopic (exact) mass is 359 g/mol. The summed E-state index contributed by atoms with van der Waals surface area (Å²) in [6, 6.07) is 5.20. The number of halogens is 1. The van der Waals surface area contributed by atoms with Crippen LogP contribution >= 0.6 is 0 Å². The molecule has 1 aliphatic heterocycles. The minimum atomic E-state index is -0.516. The zero-order valence-electron chi connectivity index (χ0n) is 15.6. The summed E-state index contributed by atoms with van der Waals surface area (Å²) in [5.41, 5.74) is 7.61. The fraction of sp³-hybridized carbons (Fsp3) is 0.526. The third kappa shape index (κ3) is 4.09. The molecule has 3 rings (SSSR count). The molecule has 6 nitrogen and oxygen atoms in total. The smallest absolute Gasteiger partial charge is 0.226 e. The molecular formula is C19H26FN5O. The van der Waals surface area contributed by atoms with Crippen LogP contribution in [0.5, 0.6) is 0 Å². The minimum absolute atomic E-state index is 0.0362. The first-order valence-electron chi connectivity index (χ1n) is 8.98. The lowest BCUT2D eigenvalue weighted by atomic mass is 10.0. The van der Waals surface area contributed by atoms with Crippen LogP contribution < -0.4 is 5.73 Å². The molecule has 0 radical (unpaired) electrons. The number of hydrogen-bond donors (Lipinski definition) is 1. The first kappa shape index (κ1) is 18.5. The van der Waals surface area contributed by atoms with E-state index in [-0.39, 0.29) is 24.2 Å². The Morgan fingerprint density at radius 2 is 2.04 bits per heavy atom. The van der Waals surface area contributed by atoms with E-state index in [2.05, 4.69) is 10.3 Å². The molecule has 1 amide bonds. The van der Waals surface area contributed by atoms with Crippen molar-refractivity contribution in [3.8, 4) is 0 Å². The van der Waals surface area contributed by atoms with Gasteiger partial charge in [-0.2, -0.15) is 0 Å². The van der Waals surface area contributed by atoms with Crippen molar-refractivity contribution in [1.29, 1.82) is 0 Å². The summed E-state index contributed by atoms with van der Waals surface area (Å²) in [5, 5.41) is 8.36. The molecule has 2 aromatic rings. The van der Waals surface area contributed by atoms with Gasteiger partial charge in [0.1, 0.15) is 11.5 Å². The van der Waals surface area contributed by atoms with Crippen LogP contribution in [0.4, 0.5) is 4.39 Å². The minimum Gasteiger partial charge on any atom is -0.342 e. The van der Waals surface area contributed by atoms with E-state index in [0.717, 1.165) is 18.5 Å². The number of hydrogen-bond acceptors (Lipinski definition) is 4. The van der Waals surface area contributed by atoms with Gasteiger partial charge in [-0.05, 0) is 50.8 Å². The number of nitrogens with two attached hydrogens (primary N) is 1. The Hall–Kier alpha value is -2.28. The highest BCUT2D eigenvalue weighted by molar-refractivity contribution is 5.78. The topological polar surface area (TPSA) is 77.0 Å². The summed E-state index contributed by atoms with van der Waals surface area (Å²) in [5.74, 6) is -0.229. The summed E-state index contributed by atoms with van der Waals surface area (Å²) >= 11 is 0. The lowest BCUT2D eigenvalue weighted by Crippen LogP contribution is -2.40. The van der Waals surface area contributed by atoms with E-state index in [0.29, 0.717) is 24.2 Å². The number of carbonyl (C=O) groups excluding carboxylic acids is 1. The summed E-state index contributed by atoms with van der Waals surface area (Å²) < 4.78 is 15.5. The van der Waals surface area contributed by atoms with Gasteiger partial charge in [0.25, 0.3) is 0 Å². The molecule has 1 fully saturated rings. The van der Waals surface area contributed by atoms with E-state index >= 15 is 0 Å². The predicted molar refractivity (Wildman–Crippen MR) is 96.9 cm³/mol. The zero-order valence-corrected chi connectivity index (χ0v) is 15.6. The fourth-order valence-electron chi connectivity index (χ4n) is 3.16. The molecule has 140 valence electrons. The van der Waals surface area contributed by atoms with Gasteiger partial charge in [0.15, 0.2) is 0 Å². The maximum atomic E-state index is 13.6. The summed E-state index contributed by atoms with van der Waals surface area (Å²) in [7, 11) is 0. The van der Waals surface area contributed by atoms with Gasteiger partial charge in [0, 0.05) is 13.1 Å². The Labute approximate surface area is 153 Å². The normalized spacial score (nSPS) is 16.1. The molecule has 0 bridgehead atoms. The molecule has 0 spiro atoms. The van der Waals surface area contributed by atoms with E-state index in [4.69, 9.17) is 5.73 Å². The lowest BCUT2D eigenvalue weighted by Gasteiger charge is -2.32. The molecule has 2 N–H and O–H groups in total. The SMILES string of the molecule is Cc1ccc(CC(=O)N2CCC(n3cc(C(C)(C)N)nn3)CC2)cc1F. The van der Waals surface area contributed by atoms with Gasteiger partial charge in [0.05, 0.1) is 24.2 Å². The van der Waals surface area contributed by atoms with Gasteiger partial charge in [-0.1, -0.05) is 17.3 Å². The van der Waals surface area contributed by atoms with Crippen LogP contribution in [0.1, 0.15) is 49.6 Å². The van der Waals surface area contributed by atoms with E-state index in [1.165, 1.54) is 6.07 Å². The second-order valence-electron chi connectivity index (χ2n) is 7.68. The largest absolute Gasteiger partial charge is 0.342 e. The second kappa shape index (κ2) is 7.15. The van der Waals surface area contributed by atoms with Gasteiger partial charge in [0.2, 0.25) is 5.91 Å². The third-order valence-electron chi connectivity index (χ3n) is 4.95. The number of rotatable bonds is 4. The number of likely N-dealkylation sites (tertiary alicyclic amines) is 1. The molecule has 1 aliphatic rings. The average Bonchev–Trinajstić information content (AvgIpc) is 3.09. The summed E-state index contributed by atoms with van der Waals surface area (Å²) in [4.78, 5) is 14.3. The molecule has 0 aliphatic carbocycles. The number of carbonyl (C=O) groups is 1. The zero-order chi connectivity index (χ0) is 18.9. The molecule has 1 saturated heterocycles. The lowest BCUT2D eigenvalue weighted by molar-refractivity contribution is -0.131. The molecule has 1 aromatic carbocycles. The molecular weight excluding hydrogens is 333 g/mol. The Kier molecular flexibility index (Phi) is 5.09. The Morgan fingerprint density at radius 1 is 1.35 bits per heavy atom. The van der Waals surface area contributed by atoms with Crippen molar-refractivity contribution in [1.82, 2.24) is 19.9 Å². The highest BCUT2D eigenvalue weighted by atomic mass is 19.1. The van der Waals surface area contributed by atoms with Gasteiger partial charge in [-0.25, -0.2) is 9.07 Å². The summed E-state index contributed by atoms with van der Waals surface area (Å²) in [6.07, 6.45) is 3.78. The van der Waals surface area contributed by atoms with Crippen molar-refractivity contribution >= 4 is 5.91 Å². The van der Waals surface area contributed by atoms with Gasteiger partial charge < -0.3 is 10.6 Å². The first-order chi connectivity index (χ1) is 12.2. The second-order valence-corrected chi connectivity index (χ2v) is 7.68. The predicted octanol–water partition coefficient (Wildman–Crippen LogP) is 2.33.